The van der Waals surface area contributed by atoms with Gasteiger partial charge < -0.3 is 4.74 Å². The number of pyridine rings is 1. The van der Waals surface area contributed by atoms with Gasteiger partial charge in [-0.3, -0.25) is 4.98 Å². The van der Waals surface area contributed by atoms with Gasteiger partial charge in [0, 0.05) is 22.8 Å². The monoisotopic (exact) mass is 193 g/mol. The summed E-state index contributed by atoms with van der Waals surface area (Å²) in [7, 11) is 1.62. The van der Waals surface area contributed by atoms with Gasteiger partial charge >= 0.3 is 0 Å². The van der Waals surface area contributed by atoms with Crippen LogP contribution in [-0.2, 0) is 0 Å². The first-order valence-electron chi connectivity index (χ1n) is 3.88. The van der Waals surface area contributed by atoms with Crippen molar-refractivity contribution in [2.75, 3.05) is 7.11 Å². The molecule has 0 spiro atoms. The van der Waals surface area contributed by atoms with Gasteiger partial charge in [0.1, 0.15) is 5.75 Å². The lowest BCUT2D eigenvalue weighted by Crippen LogP contribution is -1.85. The highest BCUT2D eigenvalue weighted by molar-refractivity contribution is 6.31. The second kappa shape index (κ2) is 3.23. The molecule has 1 aromatic heterocycles. The molecule has 0 bridgehead atoms. The fraction of sp³-hybridized carbons (Fsp3) is 0.100. The lowest BCUT2D eigenvalue weighted by atomic mass is 10.1. The van der Waals surface area contributed by atoms with Crippen molar-refractivity contribution >= 4 is 22.4 Å². The standard InChI is InChI=1S/C10H8ClNO/c1-13-10-5-8(11)4-7-2-3-12-6-9(7)10/h2-6H,1H3. The van der Waals surface area contributed by atoms with Crippen molar-refractivity contribution in [1.29, 1.82) is 0 Å². The molecular weight excluding hydrogens is 186 g/mol. The van der Waals surface area contributed by atoms with Crippen molar-refractivity contribution in [3.8, 4) is 5.75 Å². The Balaban J connectivity index is 2.81. The molecule has 0 unspecified atom stereocenters. The molecule has 0 amide bonds. The van der Waals surface area contributed by atoms with Gasteiger partial charge in [-0.1, -0.05) is 11.6 Å². The summed E-state index contributed by atoms with van der Waals surface area (Å²) in [6.07, 6.45) is 3.50. The fourth-order valence-electron chi connectivity index (χ4n) is 1.30. The van der Waals surface area contributed by atoms with Gasteiger partial charge in [-0.15, -0.1) is 0 Å². The van der Waals surface area contributed by atoms with Crippen LogP contribution in [0.3, 0.4) is 0 Å². The zero-order valence-corrected chi connectivity index (χ0v) is 7.88. The minimum atomic E-state index is 0.676. The SMILES string of the molecule is COc1cc(Cl)cc2ccncc12. The molecule has 1 heterocycles. The molecule has 0 fully saturated rings. The molecule has 0 aliphatic carbocycles. The number of aromatic nitrogens is 1. The third-order valence-corrected chi connectivity index (χ3v) is 2.12. The van der Waals surface area contributed by atoms with Crippen molar-refractivity contribution in [3.05, 3.63) is 35.6 Å². The summed E-state index contributed by atoms with van der Waals surface area (Å²) in [6, 6.07) is 5.58. The van der Waals surface area contributed by atoms with Crippen molar-refractivity contribution in [1.82, 2.24) is 4.98 Å². The number of hydrogen-bond acceptors (Lipinski definition) is 2. The van der Waals surface area contributed by atoms with E-state index in [9.17, 15) is 0 Å². The molecule has 2 nitrogen and oxygen atoms in total. The average molecular weight is 194 g/mol. The van der Waals surface area contributed by atoms with Crippen LogP contribution < -0.4 is 4.74 Å². The normalized spacial score (nSPS) is 10.3. The summed E-state index contributed by atoms with van der Waals surface area (Å²) in [5.41, 5.74) is 0. The number of benzene rings is 1. The number of hydrogen-bond donors (Lipinski definition) is 0. The Hall–Kier alpha value is -1.28. The van der Waals surface area contributed by atoms with E-state index < -0.39 is 0 Å². The number of rotatable bonds is 1. The number of ether oxygens (including phenoxy) is 1. The van der Waals surface area contributed by atoms with Crippen molar-refractivity contribution < 1.29 is 4.74 Å². The summed E-state index contributed by atoms with van der Waals surface area (Å²) in [5.74, 6) is 0.760. The second-order valence-corrected chi connectivity index (χ2v) is 3.14. The Morgan fingerprint density at radius 3 is 3.00 bits per heavy atom. The summed E-state index contributed by atoms with van der Waals surface area (Å²) in [4.78, 5) is 4.03. The van der Waals surface area contributed by atoms with E-state index in [1.165, 1.54) is 0 Å². The van der Waals surface area contributed by atoms with Gasteiger partial charge in [0.15, 0.2) is 0 Å². The van der Waals surface area contributed by atoms with Crippen molar-refractivity contribution in [2.45, 2.75) is 0 Å². The van der Waals surface area contributed by atoms with E-state index in [0.717, 1.165) is 16.5 Å². The Bertz CT molecular complexity index is 442. The minimum Gasteiger partial charge on any atom is -0.496 e. The summed E-state index contributed by atoms with van der Waals surface area (Å²) in [5, 5.41) is 2.70. The Morgan fingerprint density at radius 2 is 2.23 bits per heavy atom. The van der Waals surface area contributed by atoms with Gasteiger partial charge in [-0.2, -0.15) is 0 Å². The Kier molecular flexibility index (Phi) is 2.07. The van der Waals surface area contributed by atoms with E-state index >= 15 is 0 Å². The van der Waals surface area contributed by atoms with E-state index in [1.54, 1.807) is 25.6 Å². The molecule has 0 aliphatic heterocycles. The molecule has 2 rings (SSSR count). The minimum absolute atomic E-state index is 0.676. The predicted octanol–water partition coefficient (Wildman–Crippen LogP) is 2.90. The third kappa shape index (κ3) is 1.45. The molecule has 0 saturated carbocycles. The molecular formula is C10H8ClNO. The summed E-state index contributed by atoms with van der Waals surface area (Å²) >= 11 is 5.90. The number of nitrogens with zero attached hydrogens (tertiary/aromatic N) is 1. The first kappa shape index (κ1) is 8.32. The zero-order valence-electron chi connectivity index (χ0n) is 7.12. The van der Waals surface area contributed by atoms with Crippen LogP contribution >= 0.6 is 11.6 Å². The maximum atomic E-state index is 5.90. The van der Waals surface area contributed by atoms with Crippen LogP contribution in [0.25, 0.3) is 10.8 Å². The first-order chi connectivity index (χ1) is 6.31. The quantitative estimate of drug-likeness (QED) is 0.695. The topological polar surface area (TPSA) is 22.1 Å². The van der Waals surface area contributed by atoms with Gasteiger partial charge in [0.05, 0.1) is 7.11 Å². The summed E-state index contributed by atoms with van der Waals surface area (Å²) in [6.45, 7) is 0. The van der Waals surface area contributed by atoms with E-state index in [-0.39, 0.29) is 0 Å². The highest BCUT2D eigenvalue weighted by Crippen LogP contribution is 2.28. The molecule has 0 N–H and O–H groups in total. The molecule has 0 radical (unpaired) electrons. The van der Waals surface area contributed by atoms with Crippen LogP contribution in [0.5, 0.6) is 5.75 Å². The molecule has 0 aliphatic rings. The van der Waals surface area contributed by atoms with Crippen LogP contribution in [0.15, 0.2) is 30.6 Å². The number of halogens is 1. The van der Waals surface area contributed by atoms with Gasteiger partial charge in [-0.25, -0.2) is 0 Å². The zero-order chi connectivity index (χ0) is 9.26. The third-order valence-electron chi connectivity index (χ3n) is 1.90. The van der Waals surface area contributed by atoms with Crippen LogP contribution in [-0.4, -0.2) is 12.1 Å². The van der Waals surface area contributed by atoms with Crippen LogP contribution in [0.4, 0.5) is 0 Å². The van der Waals surface area contributed by atoms with Crippen molar-refractivity contribution in [3.63, 3.8) is 0 Å². The van der Waals surface area contributed by atoms with Crippen molar-refractivity contribution in [2.24, 2.45) is 0 Å². The molecule has 13 heavy (non-hydrogen) atoms. The first-order valence-corrected chi connectivity index (χ1v) is 4.26. The summed E-state index contributed by atoms with van der Waals surface area (Å²) < 4.78 is 5.18. The van der Waals surface area contributed by atoms with Crippen LogP contribution in [0, 0.1) is 0 Å². The lowest BCUT2D eigenvalue weighted by molar-refractivity contribution is 0.420. The Morgan fingerprint density at radius 1 is 1.38 bits per heavy atom. The lowest BCUT2D eigenvalue weighted by Gasteiger charge is -2.04. The van der Waals surface area contributed by atoms with E-state index in [4.69, 9.17) is 16.3 Å². The highest BCUT2D eigenvalue weighted by atomic mass is 35.5. The molecule has 0 saturated heterocycles. The predicted molar refractivity (Wildman–Crippen MR) is 53.3 cm³/mol. The number of fused-ring (bicyclic) bond motifs is 1. The Labute approximate surface area is 81.1 Å². The molecule has 3 heteroatoms. The average Bonchev–Trinajstić information content (AvgIpc) is 2.16. The molecule has 66 valence electrons. The van der Waals surface area contributed by atoms with Crippen LogP contribution in [0.1, 0.15) is 0 Å². The number of methoxy groups -OCH3 is 1. The largest absolute Gasteiger partial charge is 0.496 e. The molecule has 0 atom stereocenters. The highest BCUT2D eigenvalue weighted by Gasteiger charge is 2.02. The smallest absolute Gasteiger partial charge is 0.129 e. The van der Waals surface area contributed by atoms with E-state index in [0.29, 0.717) is 5.02 Å². The molecule has 1 aromatic carbocycles. The maximum Gasteiger partial charge on any atom is 0.129 e. The van der Waals surface area contributed by atoms with Gasteiger partial charge in [0.2, 0.25) is 0 Å². The van der Waals surface area contributed by atoms with E-state index in [2.05, 4.69) is 4.98 Å². The van der Waals surface area contributed by atoms with Gasteiger partial charge in [0.25, 0.3) is 0 Å². The second-order valence-electron chi connectivity index (χ2n) is 2.70. The molecule has 2 aromatic rings. The fourth-order valence-corrected chi connectivity index (χ4v) is 1.52. The maximum absolute atomic E-state index is 5.90. The van der Waals surface area contributed by atoms with E-state index in [1.807, 2.05) is 12.1 Å². The van der Waals surface area contributed by atoms with Crippen LogP contribution in [0.2, 0.25) is 5.02 Å². The van der Waals surface area contributed by atoms with Gasteiger partial charge in [-0.05, 0) is 23.6 Å².